The number of rotatable bonds is 2. The summed E-state index contributed by atoms with van der Waals surface area (Å²) in [6.07, 6.45) is 0. The van der Waals surface area contributed by atoms with E-state index in [1.165, 1.54) is 11.3 Å². The van der Waals surface area contributed by atoms with Crippen LogP contribution in [0.15, 0.2) is 23.7 Å². The largest absolute Gasteiger partial charge is 0.463 e. The summed E-state index contributed by atoms with van der Waals surface area (Å²) >= 11 is 1.51. The molecule has 0 amide bonds. The van der Waals surface area contributed by atoms with Crippen LogP contribution in [-0.2, 0) is 0 Å². The summed E-state index contributed by atoms with van der Waals surface area (Å²) in [4.78, 5) is 4.09. The summed E-state index contributed by atoms with van der Waals surface area (Å²) in [5, 5.41) is 0. The van der Waals surface area contributed by atoms with Crippen molar-refractivity contribution in [3.8, 4) is 5.75 Å². The number of hydrogen-bond donors (Lipinski definition) is 0. The van der Waals surface area contributed by atoms with Gasteiger partial charge in [-0.05, 0) is 18.2 Å². The Hall–Kier alpha value is -1.16. The predicted octanol–water partition coefficient (Wildman–Crippen LogP) is 2.60. The molecule has 0 aliphatic rings. The highest BCUT2D eigenvalue weighted by molar-refractivity contribution is 7.16. The molecule has 2 nitrogen and oxygen atoms in total. The molecule has 0 radical (unpaired) electrons. The summed E-state index contributed by atoms with van der Waals surface area (Å²) in [6, 6.07) is 5.31. The van der Waals surface area contributed by atoms with E-state index in [1.54, 1.807) is 17.6 Å². The fourth-order valence-electron chi connectivity index (χ4n) is 0.988. The van der Waals surface area contributed by atoms with Crippen LogP contribution >= 0.6 is 11.3 Å². The zero-order valence-corrected chi connectivity index (χ0v) is 6.97. The molecular formula is C8H6FNOS. The van der Waals surface area contributed by atoms with Gasteiger partial charge in [0.15, 0.2) is 0 Å². The first kappa shape index (κ1) is 7.49. The van der Waals surface area contributed by atoms with Gasteiger partial charge in [0, 0.05) is 0 Å². The predicted molar refractivity (Wildman–Crippen MR) is 46.2 cm³/mol. The lowest BCUT2D eigenvalue weighted by Crippen LogP contribution is -1.88. The number of hydrogen-bond acceptors (Lipinski definition) is 3. The Kier molecular flexibility index (Phi) is 1.91. The molecule has 0 saturated heterocycles. The fourth-order valence-corrected chi connectivity index (χ4v) is 1.69. The minimum absolute atomic E-state index is 0.550. The van der Waals surface area contributed by atoms with Crippen LogP contribution < -0.4 is 4.74 Å². The average Bonchev–Trinajstić information content (AvgIpc) is 2.51. The first-order valence-electron chi connectivity index (χ1n) is 3.42. The van der Waals surface area contributed by atoms with Crippen molar-refractivity contribution in [2.75, 3.05) is 6.86 Å². The minimum Gasteiger partial charge on any atom is -0.463 e. The van der Waals surface area contributed by atoms with Gasteiger partial charge in [0.25, 0.3) is 0 Å². The van der Waals surface area contributed by atoms with Gasteiger partial charge in [0.2, 0.25) is 6.86 Å². The Balaban J connectivity index is 2.46. The third kappa shape index (κ3) is 1.25. The van der Waals surface area contributed by atoms with Crippen molar-refractivity contribution in [3.63, 3.8) is 0 Å². The second-order valence-electron chi connectivity index (χ2n) is 2.24. The zero-order valence-electron chi connectivity index (χ0n) is 6.16. The van der Waals surface area contributed by atoms with Gasteiger partial charge in [0.1, 0.15) is 5.75 Å². The van der Waals surface area contributed by atoms with Gasteiger partial charge in [-0.1, -0.05) is 0 Å². The van der Waals surface area contributed by atoms with E-state index in [4.69, 9.17) is 4.74 Å². The molecule has 1 aromatic heterocycles. The molecule has 1 heterocycles. The van der Waals surface area contributed by atoms with Crippen LogP contribution in [0.2, 0.25) is 0 Å². The molecule has 0 aliphatic carbocycles. The summed E-state index contributed by atoms with van der Waals surface area (Å²) in [5.41, 5.74) is 2.68. The normalized spacial score (nSPS) is 10.4. The van der Waals surface area contributed by atoms with Gasteiger partial charge in [-0.25, -0.2) is 9.37 Å². The summed E-state index contributed by atoms with van der Waals surface area (Å²) in [5.74, 6) is 0.550. The number of alkyl halides is 1. The zero-order chi connectivity index (χ0) is 8.39. The minimum atomic E-state index is -0.787. The number of fused-ring (bicyclic) bond motifs is 1. The smallest absolute Gasteiger partial charge is 0.228 e. The highest BCUT2D eigenvalue weighted by Gasteiger charge is 1.98. The first-order valence-corrected chi connectivity index (χ1v) is 4.30. The van der Waals surface area contributed by atoms with Gasteiger partial charge in [-0.15, -0.1) is 11.3 Å². The monoisotopic (exact) mass is 183 g/mol. The highest BCUT2D eigenvalue weighted by atomic mass is 32.1. The van der Waals surface area contributed by atoms with Crippen LogP contribution in [0.4, 0.5) is 4.39 Å². The topological polar surface area (TPSA) is 22.1 Å². The molecule has 2 rings (SSSR count). The number of thiazole rings is 1. The quantitative estimate of drug-likeness (QED) is 0.714. The lowest BCUT2D eigenvalue weighted by Gasteiger charge is -1.98. The molecule has 0 aliphatic heterocycles. The Labute approximate surface area is 72.6 Å². The van der Waals surface area contributed by atoms with Crippen LogP contribution in [0.25, 0.3) is 10.2 Å². The van der Waals surface area contributed by atoms with E-state index in [0.717, 1.165) is 10.2 Å². The van der Waals surface area contributed by atoms with Crippen molar-refractivity contribution in [2.45, 2.75) is 0 Å². The lowest BCUT2D eigenvalue weighted by atomic mass is 10.3. The molecule has 62 valence electrons. The van der Waals surface area contributed by atoms with Gasteiger partial charge in [-0.2, -0.15) is 0 Å². The van der Waals surface area contributed by atoms with E-state index in [1.807, 2.05) is 6.07 Å². The standard InChI is InChI=1S/C8H6FNOS/c9-4-11-6-1-2-7-8(3-6)12-5-10-7/h1-3,5H,4H2. The van der Waals surface area contributed by atoms with Crippen molar-refractivity contribution in [1.29, 1.82) is 0 Å². The molecule has 0 N–H and O–H groups in total. The Bertz CT molecular complexity index is 387. The highest BCUT2D eigenvalue weighted by Crippen LogP contribution is 2.23. The Morgan fingerprint density at radius 3 is 3.25 bits per heavy atom. The van der Waals surface area contributed by atoms with Crippen molar-refractivity contribution >= 4 is 21.6 Å². The maximum atomic E-state index is 11.8. The second kappa shape index (κ2) is 3.06. The molecule has 4 heteroatoms. The SMILES string of the molecule is FCOc1ccc2ncsc2c1. The van der Waals surface area contributed by atoms with Crippen LogP contribution in [0.5, 0.6) is 5.75 Å². The second-order valence-corrected chi connectivity index (χ2v) is 3.12. The van der Waals surface area contributed by atoms with Gasteiger partial charge in [-0.3, -0.25) is 0 Å². The van der Waals surface area contributed by atoms with Gasteiger partial charge in [0.05, 0.1) is 15.7 Å². The van der Waals surface area contributed by atoms with E-state index < -0.39 is 6.86 Å². The van der Waals surface area contributed by atoms with Gasteiger partial charge < -0.3 is 4.74 Å². The van der Waals surface area contributed by atoms with Crippen molar-refractivity contribution in [1.82, 2.24) is 4.98 Å². The van der Waals surface area contributed by atoms with Crippen molar-refractivity contribution in [2.24, 2.45) is 0 Å². The molecule has 0 fully saturated rings. The summed E-state index contributed by atoms with van der Waals surface area (Å²) in [7, 11) is 0. The van der Waals surface area contributed by atoms with E-state index >= 15 is 0 Å². The number of benzene rings is 1. The average molecular weight is 183 g/mol. The molecule has 0 spiro atoms. The molecule has 2 aromatic rings. The summed E-state index contributed by atoms with van der Waals surface area (Å²) in [6.45, 7) is -0.787. The molecule has 0 unspecified atom stereocenters. The van der Waals surface area contributed by atoms with E-state index in [-0.39, 0.29) is 0 Å². The number of nitrogens with zero attached hydrogens (tertiary/aromatic N) is 1. The van der Waals surface area contributed by atoms with Crippen LogP contribution in [0.1, 0.15) is 0 Å². The molecule has 0 atom stereocenters. The third-order valence-corrected chi connectivity index (χ3v) is 2.32. The fraction of sp³-hybridized carbons (Fsp3) is 0.125. The van der Waals surface area contributed by atoms with Crippen molar-refractivity contribution in [3.05, 3.63) is 23.7 Å². The number of halogens is 1. The molecule has 1 aromatic carbocycles. The maximum Gasteiger partial charge on any atom is 0.228 e. The molecule has 0 saturated carbocycles. The Morgan fingerprint density at radius 1 is 1.50 bits per heavy atom. The van der Waals surface area contributed by atoms with E-state index in [0.29, 0.717) is 5.75 Å². The van der Waals surface area contributed by atoms with Crippen LogP contribution in [0.3, 0.4) is 0 Å². The van der Waals surface area contributed by atoms with E-state index in [9.17, 15) is 4.39 Å². The van der Waals surface area contributed by atoms with Crippen LogP contribution in [-0.4, -0.2) is 11.8 Å². The Morgan fingerprint density at radius 2 is 2.42 bits per heavy atom. The summed E-state index contributed by atoms with van der Waals surface area (Å²) < 4.78 is 17.5. The van der Waals surface area contributed by atoms with E-state index in [2.05, 4.69) is 4.98 Å². The lowest BCUT2D eigenvalue weighted by molar-refractivity contribution is 0.192. The van der Waals surface area contributed by atoms with Crippen molar-refractivity contribution < 1.29 is 9.13 Å². The van der Waals surface area contributed by atoms with Crippen LogP contribution in [0, 0.1) is 0 Å². The maximum absolute atomic E-state index is 11.8. The molecule has 0 bridgehead atoms. The molecular weight excluding hydrogens is 177 g/mol. The first-order chi connectivity index (χ1) is 5.90. The molecule has 12 heavy (non-hydrogen) atoms. The third-order valence-electron chi connectivity index (χ3n) is 1.52. The van der Waals surface area contributed by atoms with Gasteiger partial charge >= 0.3 is 0 Å². The number of aromatic nitrogens is 1. The number of ether oxygens (including phenoxy) is 1.